The van der Waals surface area contributed by atoms with E-state index in [1.165, 1.54) is 6.21 Å². The number of pyridine rings is 1. The van der Waals surface area contributed by atoms with Gasteiger partial charge in [0.25, 0.3) is 11.8 Å². The van der Waals surface area contributed by atoms with Crippen LogP contribution in [-0.4, -0.2) is 59.0 Å². The maximum Gasteiger partial charge on any atom is 0.274 e. The number of nitrogens with one attached hydrogen (secondary N) is 5. The number of piperidine rings is 1. The number of allylic oxidation sites excluding steroid dienone is 1. The Balaban J connectivity index is 1.66. The van der Waals surface area contributed by atoms with Crippen LogP contribution in [0, 0.1) is 5.41 Å². The van der Waals surface area contributed by atoms with E-state index in [2.05, 4.69) is 31.3 Å². The van der Waals surface area contributed by atoms with Crippen LogP contribution < -0.4 is 21.3 Å². The summed E-state index contributed by atoms with van der Waals surface area (Å²) in [6.45, 7) is 3.07. The summed E-state index contributed by atoms with van der Waals surface area (Å²) < 4.78 is 1.80. The molecule has 0 unspecified atom stereocenters. The minimum absolute atomic E-state index is 0.176. The fraction of sp³-hybridized carbons (Fsp3) is 0.435. The summed E-state index contributed by atoms with van der Waals surface area (Å²) in [5, 5.41) is 24.6. The van der Waals surface area contributed by atoms with Crippen molar-refractivity contribution < 1.29 is 9.59 Å². The number of fused-ring (bicyclic) bond motifs is 3. The zero-order valence-electron chi connectivity index (χ0n) is 18.6. The molecule has 2 aromatic heterocycles. The Morgan fingerprint density at radius 3 is 2.61 bits per heavy atom. The molecule has 0 saturated carbocycles. The second-order valence-electron chi connectivity index (χ2n) is 8.23. The third kappa shape index (κ3) is 5.64. The van der Waals surface area contributed by atoms with Crippen molar-refractivity contribution in [1.82, 2.24) is 30.7 Å². The smallest absolute Gasteiger partial charge is 0.274 e. The number of nitrogens with zero attached hydrogens (tertiary/aromatic N) is 3. The predicted molar refractivity (Wildman–Crippen MR) is 127 cm³/mol. The number of hydrogen-bond donors (Lipinski definition) is 5. The van der Waals surface area contributed by atoms with E-state index < -0.39 is 5.91 Å². The topological polar surface area (TPSA) is 137 Å². The molecule has 0 aromatic carbocycles. The molecule has 4 rings (SSSR count). The third-order valence-corrected chi connectivity index (χ3v) is 5.85. The normalized spacial score (nSPS) is 20.3. The van der Waals surface area contributed by atoms with E-state index in [1.807, 2.05) is 0 Å². The summed E-state index contributed by atoms with van der Waals surface area (Å²) in [5.74, 6) is -0.729. The summed E-state index contributed by atoms with van der Waals surface area (Å²) in [6.07, 6.45) is 9.25. The number of rotatable bonds is 2. The van der Waals surface area contributed by atoms with Gasteiger partial charge >= 0.3 is 0 Å². The fourth-order valence-electron chi connectivity index (χ4n) is 4.00. The Morgan fingerprint density at radius 1 is 1.00 bits per heavy atom. The average molecular weight is 451 g/mol. The Bertz CT molecular complexity index is 1040. The van der Waals surface area contributed by atoms with Gasteiger partial charge in [0.1, 0.15) is 5.69 Å². The number of carbonyl (C=O) groups is 2. The van der Waals surface area contributed by atoms with Crippen LogP contribution in [0.1, 0.15) is 64.8 Å². The molecule has 2 aliphatic rings. The van der Waals surface area contributed by atoms with Gasteiger partial charge in [0.2, 0.25) is 0 Å². The maximum atomic E-state index is 13.0. The van der Waals surface area contributed by atoms with E-state index in [9.17, 15) is 9.59 Å². The van der Waals surface area contributed by atoms with Crippen LogP contribution in [0.25, 0.3) is 5.57 Å². The molecule has 0 atom stereocenters. The molecule has 5 N–H and O–H groups in total. The fourth-order valence-corrected chi connectivity index (χ4v) is 4.00. The highest BCUT2D eigenvalue weighted by Crippen LogP contribution is 2.23. The molecule has 2 amide bonds. The Hall–Kier alpha value is -3.53. The van der Waals surface area contributed by atoms with Crippen LogP contribution in [0.5, 0.6) is 0 Å². The van der Waals surface area contributed by atoms with E-state index in [-0.39, 0.29) is 23.3 Å². The van der Waals surface area contributed by atoms with Crippen LogP contribution in [0.2, 0.25) is 0 Å². The van der Waals surface area contributed by atoms with Gasteiger partial charge in [-0.2, -0.15) is 5.10 Å². The van der Waals surface area contributed by atoms with Crippen LogP contribution >= 0.6 is 0 Å². The van der Waals surface area contributed by atoms with Gasteiger partial charge in [-0.3, -0.25) is 14.3 Å². The highest BCUT2D eigenvalue weighted by atomic mass is 16.2. The van der Waals surface area contributed by atoms with E-state index >= 15 is 0 Å². The molecule has 4 heterocycles. The van der Waals surface area contributed by atoms with Crippen molar-refractivity contribution in [2.45, 2.75) is 38.1 Å². The van der Waals surface area contributed by atoms with E-state index in [0.717, 1.165) is 51.7 Å². The molecule has 0 spiro atoms. The standard InChI is InChI=1S/C23H30N8O2/c24-13-16-14-26-9-2-1-3-10-27-23(33)21-20(15-31(30-21)17-7-11-25-12-8-17)29-22(32)19-6-4-5-18(16)28-19/h4-6,13-15,17,24-26H,1-3,7-12H2,(H,27,33)(H,29,32)/b16-14+,24-13?. The molecule has 10 heteroatoms. The van der Waals surface area contributed by atoms with Crippen molar-refractivity contribution >= 4 is 29.3 Å². The number of anilines is 1. The molecule has 0 radical (unpaired) electrons. The quantitative estimate of drug-likeness (QED) is 0.444. The van der Waals surface area contributed by atoms with Crippen LogP contribution in [0.4, 0.5) is 5.69 Å². The van der Waals surface area contributed by atoms with Gasteiger partial charge in [0.15, 0.2) is 5.69 Å². The van der Waals surface area contributed by atoms with Crippen LogP contribution in [0.3, 0.4) is 0 Å². The molecule has 1 saturated heterocycles. The molecular formula is C23H30N8O2. The highest BCUT2D eigenvalue weighted by Gasteiger charge is 2.24. The van der Waals surface area contributed by atoms with Crippen molar-refractivity contribution in [2.75, 3.05) is 31.5 Å². The number of carbonyl (C=O) groups excluding carboxylic acids is 2. The van der Waals surface area contributed by atoms with Gasteiger partial charge in [0.05, 0.1) is 17.4 Å². The highest BCUT2D eigenvalue weighted by molar-refractivity contribution is 6.09. The van der Waals surface area contributed by atoms with Gasteiger partial charge in [-0.1, -0.05) is 6.07 Å². The SMILES string of the molecule is N=C/C1=C\NCCCCCNC(=O)c2nn(C3CCNCC3)cc2NC(=O)c2cccc1n2. The Labute approximate surface area is 192 Å². The second-order valence-corrected chi connectivity index (χ2v) is 8.23. The summed E-state index contributed by atoms with van der Waals surface area (Å²) >= 11 is 0. The lowest BCUT2D eigenvalue weighted by Crippen LogP contribution is -2.30. The van der Waals surface area contributed by atoms with Gasteiger partial charge in [-0.05, 0) is 57.3 Å². The van der Waals surface area contributed by atoms with E-state index in [1.54, 1.807) is 35.3 Å². The average Bonchev–Trinajstić information content (AvgIpc) is 3.27. The molecule has 33 heavy (non-hydrogen) atoms. The molecule has 0 aliphatic carbocycles. The monoisotopic (exact) mass is 450 g/mol. The number of aromatic nitrogens is 3. The van der Waals surface area contributed by atoms with E-state index in [4.69, 9.17) is 5.41 Å². The van der Waals surface area contributed by atoms with Gasteiger partial charge < -0.3 is 26.7 Å². The van der Waals surface area contributed by atoms with Gasteiger partial charge in [0, 0.05) is 37.3 Å². The summed E-state index contributed by atoms with van der Waals surface area (Å²) in [6, 6.07) is 5.28. The summed E-state index contributed by atoms with van der Waals surface area (Å²) in [7, 11) is 0. The van der Waals surface area contributed by atoms with Crippen LogP contribution in [0.15, 0.2) is 30.6 Å². The molecular weight excluding hydrogens is 420 g/mol. The summed E-state index contributed by atoms with van der Waals surface area (Å²) in [4.78, 5) is 30.4. The van der Waals surface area contributed by atoms with Crippen molar-refractivity contribution in [3.63, 3.8) is 0 Å². The zero-order chi connectivity index (χ0) is 23.0. The van der Waals surface area contributed by atoms with Gasteiger partial charge in [-0.15, -0.1) is 0 Å². The zero-order valence-corrected chi connectivity index (χ0v) is 18.6. The van der Waals surface area contributed by atoms with Crippen molar-refractivity contribution in [3.8, 4) is 0 Å². The Morgan fingerprint density at radius 2 is 1.79 bits per heavy atom. The van der Waals surface area contributed by atoms with Crippen molar-refractivity contribution in [1.29, 1.82) is 5.41 Å². The lowest BCUT2D eigenvalue weighted by atomic mass is 10.1. The van der Waals surface area contributed by atoms with Crippen LogP contribution in [-0.2, 0) is 0 Å². The lowest BCUT2D eigenvalue weighted by molar-refractivity contribution is 0.0947. The summed E-state index contributed by atoms with van der Waals surface area (Å²) in [5.41, 5.74) is 1.90. The van der Waals surface area contributed by atoms with Crippen molar-refractivity contribution in [3.05, 3.63) is 47.7 Å². The lowest BCUT2D eigenvalue weighted by Gasteiger charge is -2.22. The number of hydrogen-bond acceptors (Lipinski definition) is 7. The van der Waals surface area contributed by atoms with E-state index in [0.29, 0.717) is 23.5 Å². The van der Waals surface area contributed by atoms with Crippen molar-refractivity contribution in [2.24, 2.45) is 0 Å². The largest absolute Gasteiger partial charge is 0.390 e. The molecule has 10 nitrogen and oxygen atoms in total. The first-order chi connectivity index (χ1) is 16.2. The first kappa shape index (κ1) is 22.7. The molecule has 2 bridgehead atoms. The molecule has 1 fully saturated rings. The predicted octanol–water partition coefficient (Wildman–Crippen LogP) is 1.95. The second kappa shape index (κ2) is 10.9. The number of amides is 2. The van der Waals surface area contributed by atoms with Gasteiger partial charge in [-0.25, -0.2) is 4.98 Å². The minimum Gasteiger partial charge on any atom is -0.390 e. The first-order valence-electron chi connectivity index (χ1n) is 11.5. The molecule has 2 aromatic rings. The third-order valence-electron chi connectivity index (χ3n) is 5.85. The Kier molecular flexibility index (Phi) is 7.46. The minimum atomic E-state index is -0.433. The maximum absolute atomic E-state index is 13.0. The molecule has 174 valence electrons. The first-order valence-corrected chi connectivity index (χ1v) is 11.5. The molecule has 2 aliphatic heterocycles.